The van der Waals surface area contributed by atoms with Crippen LogP contribution in [0.25, 0.3) is 5.69 Å². The van der Waals surface area contributed by atoms with Gasteiger partial charge in [-0.05, 0) is 38.0 Å². The Kier molecular flexibility index (Phi) is 3.62. The molecule has 2 rings (SSSR count). The molecule has 0 unspecified atom stereocenters. The van der Waals surface area contributed by atoms with E-state index >= 15 is 0 Å². The van der Waals surface area contributed by atoms with E-state index in [0.717, 1.165) is 16.9 Å². The number of hydrogen-bond donors (Lipinski definition) is 1. The number of aromatic nitrogens is 1. The molecule has 18 heavy (non-hydrogen) atoms. The third-order valence-corrected chi connectivity index (χ3v) is 3.46. The molecule has 0 atom stereocenters. The maximum Gasteiger partial charge on any atom is 0.185 e. The largest absolute Gasteiger partial charge is 0.320 e. The van der Waals surface area contributed by atoms with Crippen molar-refractivity contribution in [2.45, 2.75) is 26.5 Å². The Balaban J connectivity index is 2.70. The molecule has 94 valence electrons. The molecular weight excluding hydrogens is 242 g/mol. The van der Waals surface area contributed by atoms with Crippen molar-refractivity contribution >= 4 is 12.6 Å². The van der Waals surface area contributed by atoms with Gasteiger partial charge in [0.15, 0.2) is 5.43 Å². The van der Waals surface area contributed by atoms with Gasteiger partial charge >= 0.3 is 0 Å². The van der Waals surface area contributed by atoms with Crippen molar-refractivity contribution < 1.29 is 0 Å². The fourth-order valence-corrected chi connectivity index (χ4v) is 2.27. The molecule has 3 heteroatoms. The highest BCUT2D eigenvalue weighted by Crippen LogP contribution is 2.18. The predicted molar refractivity (Wildman–Crippen MR) is 78.9 cm³/mol. The van der Waals surface area contributed by atoms with Gasteiger partial charge in [-0.2, -0.15) is 12.6 Å². The molecule has 0 aliphatic rings. The molecule has 2 nitrogen and oxygen atoms in total. The van der Waals surface area contributed by atoms with E-state index in [4.69, 9.17) is 0 Å². The predicted octanol–water partition coefficient (Wildman–Crippen LogP) is 3.19. The SMILES string of the molecule is Cc1ccc(C)c(-n2cc(CS)c(=O)cc2C)c1. The summed E-state index contributed by atoms with van der Waals surface area (Å²) in [5.74, 6) is 0.462. The Bertz CT molecular complexity index is 643. The minimum absolute atomic E-state index is 0.0593. The minimum atomic E-state index is 0.0593. The van der Waals surface area contributed by atoms with E-state index in [-0.39, 0.29) is 5.43 Å². The molecule has 0 amide bonds. The van der Waals surface area contributed by atoms with E-state index in [0.29, 0.717) is 5.75 Å². The summed E-state index contributed by atoms with van der Waals surface area (Å²) in [6.45, 7) is 6.10. The molecule has 1 heterocycles. The van der Waals surface area contributed by atoms with Gasteiger partial charge in [0.05, 0.1) is 0 Å². The van der Waals surface area contributed by atoms with Crippen LogP contribution >= 0.6 is 12.6 Å². The molecule has 0 aliphatic heterocycles. The third kappa shape index (κ3) is 2.36. The lowest BCUT2D eigenvalue weighted by Gasteiger charge is -2.15. The average Bonchev–Trinajstić information content (AvgIpc) is 2.33. The van der Waals surface area contributed by atoms with Crippen LogP contribution in [0.1, 0.15) is 22.4 Å². The zero-order valence-electron chi connectivity index (χ0n) is 10.9. The second kappa shape index (κ2) is 5.02. The van der Waals surface area contributed by atoms with Crippen LogP contribution in [-0.2, 0) is 5.75 Å². The van der Waals surface area contributed by atoms with Crippen LogP contribution in [-0.4, -0.2) is 4.57 Å². The normalized spacial score (nSPS) is 10.7. The number of benzene rings is 1. The number of thiol groups is 1. The summed E-state index contributed by atoms with van der Waals surface area (Å²) < 4.78 is 2.06. The summed E-state index contributed by atoms with van der Waals surface area (Å²) in [4.78, 5) is 11.7. The van der Waals surface area contributed by atoms with Gasteiger partial charge in [-0.15, -0.1) is 0 Å². The molecular formula is C15H17NOS. The van der Waals surface area contributed by atoms with Crippen molar-refractivity contribution in [1.29, 1.82) is 0 Å². The van der Waals surface area contributed by atoms with Crippen LogP contribution in [0.15, 0.2) is 35.3 Å². The Hall–Kier alpha value is -1.48. The summed E-state index contributed by atoms with van der Waals surface area (Å²) in [7, 11) is 0. The van der Waals surface area contributed by atoms with Crippen molar-refractivity contribution in [3.05, 3.63) is 63.1 Å². The Morgan fingerprint density at radius 1 is 1.17 bits per heavy atom. The lowest BCUT2D eigenvalue weighted by Crippen LogP contribution is -2.13. The maximum atomic E-state index is 11.7. The molecule has 0 fully saturated rings. The van der Waals surface area contributed by atoms with Gasteiger partial charge in [-0.25, -0.2) is 0 Å². The topological polar surface area (TPSA) is 22.0 Å². The van der Waals surface area contributed by atoms with E-state index in [1.807, 2.05) is 13.1 Å². The van der Waals surface area contributed by atoms with Crippen LogP contribution in [0.5, 0.6) is 0 Å². The molecule has 0 radical (unpaired) electrons. The van der Waals surface area contributed by atoms with Crippen molar-refractivity contribution in [3.63, 3.8) is 0 Å². The quantitative estimate of drug-likeness (QED) is 0.822. The van der Waals surface area contributed by atoms with Gasteiger partial charge in [-0.1, -0.05) is 12.1 Å². The second-order valence-corrected chi connectivity index (χ2v) is 4.94. The Morgan fingerprint density at radius 2 is 1.89 bits per heavy atom. The van der Waals surface area contributed by atoms with Crippen LogP contribution in [0.2, 0.25) is 0 Å². The number of aryl methyl sites for hydroxylation is 3. The van der Waals surface area contributed by atoms with Gasteiger partial charge in [0.1, 0.15) is 0 Å². The van der Waals surface area contributed by atoms with E-state index in [9.17, 15) is 4.79 Å². The third-order valence-electron chi connectivity index (χ3n) is 3.12. The lowest BCUT2D eigenvalue weighted by atomic mass is 10.1. The fourth-order valence-electron chi connectivity index (χ4n) is 2.03. The van der Waals surface area contributed by atoms with Crippen molar-refractivity contribution in [1.82, 2.24) is 4.57 Å². The number of nitrogens with zero attached hydrogens (tertiary/aromatic N) is 1. The number of rotatable bonds is 2. The van der Waals surface area contributed by atoms with Gasteiger partial charge < -0.3 is 4.57 Å². The Labute approximate surface area is 113 Å². The highest BCUT2D eigenvalue weighted by molar-refractivity contribution is 7.79. The summed E-state index contributed by atoms with van der Waals surface area (Å²) in [5.41, 5.74) is 5.25. The summed E-state index contributed by atoms with van der Waals surface area (Å²) in [6, 6.07) is 8.00. The number of pyridine rings is 1. The molecule has 0 saturated carbocycles. The van der Waals surface area contributed by atoms with Crippen LogP contribution < -0.4 is 5.43 Å². The maximum absolute atomic E-state index is 11.7. The molecule has 2 aromatic rings. The van der Waals surface area contributed by atoms with Crippen LogP contribution in [0.3, 0.4) is 0 Å². The zero-order valence-corrected chi connectivity index (χ0v) is 11.8. The first-order valence-electron chi connectivity index (χ1n) is 5.93. The Morgan fingerprint density at radius 3 is 2.56 bits per heavy atom. The van der Waals surface area contributed by atoms with E-state index in [1.54, 1.807) is 6.07 Å². The van der Waals surface area contributed by atoms with Gasteiger partial charge in [0.2, 0.25) is 0 Å². The van der Waals surface area contributed by atoms with E-state index in [2.05, 4.69) is 49.2 Å². The van der Waals surface area contributed by atoms with Gasteiger partial charge in [0.25, 0.3) is 0 Å². The summed E-state index contributed by atoms with van der Waals surface area (Å²) in [6.07, 6.45) is 1.90. The first-order chi connectivity index (χ1) is 8.52. The highest BCUT2D eigenvalue weighted by atomic mass is 32.1. The first kappa shape index (κ1) is 13.0. The molecule has 0 spiro atoms. The van der Waals surface area contributed by atoms with E-state index in [1.165, 1.54) is 11.1 Å². The highest BCUT2D eigenvalue weighted by Gasteiger charge is 2.06. The van der Waals surface area contributed by atoms with Crippen LogP contribution in [0, 0.1) is 20.8 Å². The molecule has 0 aliphatic carbocycles. The monoisotopic (exact) mass is 259 g/mol. The first-order valence-corrected chi connectivity index (χ1v) is 6.57. The molecule has 0 saturated heterocycles. The van der Waals surface area contributed by atoms with Gasteiger partial charge in [0, 0.05) is 35.0 Å². The smallest absolute Gasteiger partial charge is 0.185 e. The van der Waals surface area contributed by atoms with Crippen LogP contribution in [0.4, 0.5) is 0 Å². The zero-order chi connectivity index (χ0) is 13.3. The standard InChI is InChI=1S/C15H17NOS/c1-10-4-5-11(2)14(6-10)16-8-13(9-18)15(17)7-12(16)3/h4-8,18H,9H2,1-3H3. The van der Waals surface area contributed by atoms with Crippen molar-refractivity contribution in [2.24, 2.45) is 0 Å². The summed E-state index contributed by atoms with van der Waals surface area (Å²) >= 11 is 4.21. The fraction of sp³-hybridized carbons (Fsp3) is 0.267. The summed E-state index contributed by atoms with van der Waals surface area (Å²) in [5, 5.41) is 0. The molecule has 0 bridgehead atoms. The van der Waals surface area contributed by atoms with Crippen molar-refractivity contribution in [2.75, 3.05) is 0 Å². The molecule has 0 N–H and O–H groups in total. The van der Waals surface area contributed by atoms with Crippen molar-refractivity contribution in [3.8, 4) is 5.69 Å². The minimum Gasteiger partial charge on any atom is -0.320 e. The molecule has 1 aromatic carbocycles. The van der Waals surface area contributed by atoms with E-state index < -0.39 is 0 Å². The molecule has 1 aromatic heterocycles. The second-order valence-electron chi connectivity index (χ2n) is 4.62. The number of hydrogen-bond acceptors (Lipinski definition) is 2. The lowest BCUT2D eigenvalue weighted by molar-refractivity contribution is 0.945. The average molecular weight is 259 g/mol. The van der Waals surface area contributed by atoms with Gasteiger partial charge in [-0.3, -0.25) is 4.79 Å².